The highest BCUT2D eigenvalue weighted by molar-refractivity contribution is 6.02. The van der Waals surface area contributed by atoms with E-state index in [1.54, 1.807) is 7.11 Å². The maximum atomic E-state index is 11.7. The Morgan fingerprint density at radius 2 is 1.79 bits per heavy atom. The Bertz CT molecular complexity index is 975. The molecule has 176 valence electrons. The van der Waals surface area contributed by atoms with Crippen molar-refractivity contribution in [3.05, 3.63) is 54.1 Å². The van der Waals surface area contributed by atoms with Gasteiger partial charge in [0.05, 0.1) is 7.11 Å². The molecule has 1 N–H and O–H groups in total. The highest BCUT2D eigenvalue weighted by Crippen LogP contribution is 2.27. The van der Waals surface area contributed by atoms with Crippen LogP contribution in [0.25, 0.3) is 0 Å². The van der Waals surface area contributed by atoms with Crippen molar-refractivity contribution < 1.29 is 9.53 Å². The predicted molar refractivity (Wildman–Crippen MR) is 134 cm³/mol. The zero-order valence-electron chi connectivity index (χ0n) is 20.1. The molecule has 7 nitrogen and oxygen atoms in total. The number of hydrogen-bond donors (Lipinski definition) is 1. The molecule has 7 heteroatoms. The van der Waals surface area contributed by atoms with E-state index >= 15 is 0 Å². The van der Waals surface area contributed by atoms with Gasteiger partial charge in [-0.15, -0.1) is 0 Å². The van der Waals surface area contributed by atoms with E-state index in [2.05, 4.69) is 77.5 Å². The van der Waals surface area contributed by atoms with Crippen LogP contribution in [-0.2, 0) is 10.2 Å². The van der Waals surface area contributed by atoms with Crippen molar-refractivity contribution in [2.45, 2.75) is 38.8 Å². The molecule has 1 unspecified atom stereocenters. The fourth-order valence-electron chi connectivity index (χ4n) is 4.41. The lowest BCUT2D eigenvalue weighted by molar-refractivity contribution is -0.109. The Morgan fingerprint density at radius 1 is 1.06 bits per heavy atom. The first kappa shape index (κ1) is 23.1. The molecule has 0 spiro atoms. The molecule has 2 aliphatic heterocycles. The first-order valence-corrected chi connectivity index (χ1v) is 11.7. The minimum absolute atomic E-state index is 0.0931. The fourth-order valence-corrected chi connectivity index (χ4v) is 4.41. The minimum Gasteiger partial charge on any atom is -0.497 e. The number of amidine groups is 1. The molecule has 2 heterocycles. The first-order chi connectivity index (χ1) is 15.9. The lowest BCUT2D eigenvalue weighted by Gasteiger charge is -2.36. The molecule has 0 radical (unpaired) electrons. The standard InChI is InChI=1S/C26H35N5O2/c1-26(2,3)20-8-10-21(11-9-20)31-24(27-28-25(31)19-32)12-13-29-14-16-30(17-15-29)22-6-5-7-23(18-22)33-4/h5-11,18-19,25,28H,12-17H2,1-4H3. The number of aldehydes is 1. The van der Waals surface area contributed by atoms with Crippen LogP contribution in [-0.4, -0.2) is 63.0 Å². The van der Waals surface area contributed by atoms with Crippen molar-refractivity contribution in [1.82, 2.24) is 10.3 Å². The van der Waals surface area contributed by atoms with Crippen LogP contribution in [0.1, 0.15) is 32.8 Å². The van der Waals surface area contributed by atoms with E-state index in [-0.39, 0.29) is 5.41 Å². The third-order valence-electron chi connectivity index (χ3n) is 6.46. The summed E-state index contributed by atoms with van der Waals surface area (Å²) in [5, 5.41) is 4.49. The van der Waals surface area contributed by atoms with Crippen molar-refractivity contribution in [3.63, 3.8) is 0 Å². The quantitative estimate of drug-likeness (QED) is 0.654. The molecule has 0 aliphatic carbocycles. The Hall–Kier alpha value is -3.06. The molecule has 2 aromatic rings. The van der Waals surface area contributed by atoms with Gasteiger partial charge in [0.15, 0.2) is 12.5 Å². The van der Waals surface area contributed by atoms with Gasteiger partial charge < -0.3 is 9.64 Å². The van der Waals surface area contributed by atoms with E-state index < -0.39 is 6.17 Å². The fraction of sp³-hybridized carbons (Fsp3) is 0.462. The molecule has 2 aliphatic rings. The molecule has 0 amide bonds. The number of hydrazone groups is 1. The summed E-state index contributed by atoms with van der Waals surface area (Å²) in [6, 6.07) is 16.7. The monoisotopic (exact) mass is 449 g/mol. The van der Waals surface area contributed by atoms with Gasteiger partial charge in [-0.25, -0.2) is 0 Å². The lowest BCUT2D eigenvalue weighted by atomic mass is 9.87. The zero-order valence-corrected chi connectivity index (χ0v) is 20.1. The largest absolute Gasteiger partial charge is 0.497 e. The van der Waals surface area contributed by atoms with Crippen LogP contribution >= 0.6 is 0 Å². The van der Waals surface area contributed by atoms with Crippen LogP contribution in [0.2, 0.25) is 0 Å². The molecular weight excluding hydrogens is 414 g/mol. The number of piperazine rings is 1. The van der Waals surface area contributed by atoms with Crippen LogP contribution in [0, 0.1) is 0 Å². The van der Waals surface area contributed by atoms with Gasteiger partial charge in [-0.05, 0) is 35.2 Å². The van der Waals surface area contributed by atoms with Crippen molar-refractivity contribution in [3.8, 4) is 5.75 Å². The predicted octanol–water partition coefficient (Wildman–Crippen LogP) is 3.45. The molecule has 0 saturated carbocycles. The van der Waals surface area contributed by atoms with Gasteiger partial charge in [0.1, 0.15) is 11.6 Å². The average molecular weight is 450 g/mol. The van der Waals surface area contributed by atoms with Gasteiger partial charge in [-0.1, -0.05) is 39.0 Å². The van der Waals surface area contributed by atoms with E-state index in [9.17, 15) is 4.79 Å². The highest BCUT2D eigenvalue weighted by Gasteiger charge is 2.29. The zero-order chi connectivity index (χ0) is 23.4. The summed E-state index contributed by atoms with van der Waals surface area (Å²) >= 11 is 0. The maximum Gasteiger partial charge on any atom is 0.177 e. The number of carbonyl (C=O) groups excluding carboxylic acids is 1. The van der Waals surface area contributed by atoms with E-state index in [1.165, 1.54) is 11.3 Å². The number of anilines is 2. The molecule has 1 saturated heterocycles. The number of nitrogens with one attached hydrogen (secondary N) is 1. The number of ether oxygens (including phenoxy) is 1. The summed E-state index contributed by atoms with van der Waals surface area (Å²) in [6.45, 7) is 11.5. The Balaban J connectivity index is 1.35. The topological polar surface area (TPSA) is 60.4 Å². The summed E-state index contributed by atoms with van der Waals surface area (Å²) in [7, 11) is 1.70. The van der Waals surface area contributed by atoms with Gasteiger partial charge in [-0.2, -0.15) is 5.10 Å². The van der Waals surface area contributed by atoms with Crippen LogP contribution in [0.3, 0.4) is 0 Å². The summed E-state index contributed by atoms with van der Waals surface area (Å²) in [5.74, 6) is 1.80. The number of carbonyl (C=O) groups is 1. The van der Waals surface area contributed by atoms with Gasteiger partial charge in [0.2, 0.25) is 0 Å². The SMILES string of the molecule is COc1cccc(N2CCN(CCC3=NNC(C=O)N3c3ccc(C(C)(C)C)cc3)CC2)c1. The third kappa shape index (κ3) is 5.30. The summed E-state index contributed by atoms with van der Waals surface area (Å²) in [4.78, 5) is 18.6. The number of hydrogen-bond acceptors (Lipinski definition) is 7. The maximum absolute atomic E-state index is 11.7. The second-order valence-electron chi connectivity index (χ2n) is 9.69. The molecule has 1 atom stereocenters. The van der Waals surface area contributed by atoms with E-state index in [4.69, 9.17) is 4.74 Å². The molecular formula is C26H35N5O2. The lowest BCUT2D eigenvalue weighted by Crippen LogP contribution is -2.48. The van der Waals surface area contributed by atoms with Crippen molar-refractivity contribution >= 4 is 23.5 Å². The number of rotatable bonds is 7. The van der Waals surface area contributed by atoms with Gasteiger partial charge in [0.25, 0.3) is 0 Å². The van der Waals surface area contributed by atoms with Crippen molar-refractivity contribution in [1.29, 1.82) is 0 Å². The molecule has 33 heavy (non-hydrogen) atoms. The number of benzene rings is 2. The Morgan fingerprint density at radius 3 is 2.42 bits per heavy atom. The van der Waals surface area contributed by atoms with E-state index in [0.717, 1.165) is 62.7 Å². The molecule has 0 aromatic heterocycles. The van der Waals surface area contributed by atoms with Gasteiger partial charge >= 0.3 is 0 Å². The molecule has 4 rings (SSSR count). The Labute approximate surface area is 197 Å². The molecule has 2 aromatic carbocycles. The smallest absolute Gasteiger partial charge is 0.177 e. The van der Waals surface area contributed by atoms with Crippen molar-refractivity contribution in [2.24, 2.45) is 5.10 Å². The van der Waals surface area contributed by atoms with Gasteiger partial charge in [0, 0.05) is 56.6 Å². The summed E-state index contributed by atoms with van der Waals surface area (Å²) in [6.07, 6.45) is 1.25. The summed E-state index contributed by atoms with van der Waals surface area (Å²) in [5.41, 5.74) is 6.55. The average Bonchev–Trinajstić information content (AvgIpc) is 3.25. The molecule has 0 bridgehead atoms. The highest BCUT2D eigenvalue weighted by atomic mass is 16.5. The second-order valence-corrected chi connectivity index (χ2v) is 9.69. The second kappa shape index (κ2) is 9.83. The van der Waals surface area contributed by atoms with E-state index in [1.807, 2.05) is 17.0 Å². The molecule has 1 fully saturated rings. The minimum atomic E-state index is -0.453. The normalized spacial score (nSPS) is 19.3. The van der Waals surface area contributed by atoms with Crippen LogP contribution in [0.5, 0.6) is 5.75 Å². The number of nitrogens with zero attached hydrogens (tertiary/aromatic N) is 4. The Kier molecular flexibility index (Phi) is 6.88. The van der Waals surface area contributed by atoms with E-state index in [0.29, 0.717) is 0 Å². The summed E-state index contributed by atoms with van der Waals surface area (Å²) < 4.78 is 5.36. The van der Waals surface area contributed by atoms with Crippen LogP contribution in [0.4, 0.5) is 11.4 Å². The van der Waals surface area contributed by atoms with Crippen LogP contribution in [0.15, 0.2) is 53.6 Å². The third-order valence-corrected chi connectivity index (χ3v) is 6.46. The van der Waals surface area contributed by atoms with Crippen molar-refractivity contribution in [2.75, 3.05) is 49.6 Å². The van der Waals surface area contributed by atoms with Crippen LogP contribution < -0.4 is 20.0 Å². The number of methoxy groups -OCH3 is 1. The van der Waals surface area contributed by atoms with Gasteiger partial charge in [-0.3, -0.25) is 20.0 Å². The first-order valence-electron chi connectivity index (χ1n) is 11.7.